The van der Waals surface area contributed by atoms with E-state index in [0.717, 1.165) is 23.1 Å². The van der Waals surface area contributed by atoms with E-state index in [9.17, 15) is 9.59 Å². The monoisotopic (exact) mass is 631 g/mol. The first-order chi connectivity index (χ1) is 20.0. The summed E-state index contributed by atoms with van der Waals surface area (Å²) in [7, 11) is 3.44. The molecule has 43 heavy (non-hydrogen) atoms. The van der Waals surface area contributed by atoms with Crippen molar-refractivity contribution in [3.8, 4) is 10.6 Å². The number of thiazole rings is 1. The van der Waals surface area contributed by atoms with Crippen LogP contribution in [0, 0.1) is 11.8 Å². The molecule has 1 aliphatic rings. The SMILES string of the molecule is CC[C@H]1C[C@@H](N(C)c2nc(N(C)C(=O)OC(C)(C)C)nc(Cl)c2-c2nc3ccccc3s2)[C@H](OC(=O)OC(C)(C)C)[C@@H]1C. The van der Waals surface area contributed by atoms with Crippen LogP contribution in [-0.2, 0) is 14.2 Å². The third-order valence-electron chi connectivity index (χ3n) is 7.47. The summed E-state index contributed by atoms with van der Waals surface area (Å²) in [6.07, 6.45) is -0.135. The quantitative estimate of drug-likeness (QED) is 0.198. The minimum Gasteiger partial charge on any atom is -0.443 e. The summed E-state index contributed by atoms with van der Waals surface area (Å²) in [5.74, 6) is 0.911. The van der Waals surface area contributed by atoms with Gasteiger partial charge in [-0.15, -0.1) is 11.3 Å². The molecule has 0 bridgehead atoms. The Bertz CT molecular complexity index is 1450. The van der Waals surface area contributed by atoms with Gasteiger partial charge >= 0.3 is 12.2 Å². The Balaban J connectivity index is 1.82. The number of hydrogen-bond donors (Lipinski definition) is 0. The van der Waals surface area contributed by atoms with Crippen LogP contribution in [0.5, 0.6) is 0 Å². The third-order valence-corrected chi connectivity index (χ3v) is 8.80. The average molecular weight is 632 g/mol. The zero-order valence-electron chi connectivity index (χ0n) is 26.6. The first kappa shape index (κ1) is 32.7. The Morgan fingerprint density at radius 1 is 1.02 bits per heavy atom. The third kappa shape index (κ3) is 7.49. The van der Waals surface area contributed by atoms with Gasteiger partial charge in [0.25, 0.3) is 0 Å². The lowest BCUT2D eigenvalue weighted by molar-refractivity contribution is -0.0380. The van der Waals surface area contributed by atoms with Gasteiger partial charge in [-0.1, -0.05) is 44.0 Å². The molecule has 0 aliphatic heterocycles. The lowest BCUT2D eigenvalue weighted by atomic mass is 9.95. The number of para-hydroxylation sites is 1. The van der Waals surface area contributed by atoms with Crippen molar-refractivity contribution in [2.24, 2.45) is 11.8 Å². The number of rotatable bonds is 6. The van der Waals surface area contributed by atoms with E-state index >= 15 is 0 Å². The van der Waals surface area contributed by atoms with Gasteiger partial charge in [0.2, 0.25) is 5.95 Å². The van der Waals surface area contributed by atoms with Gasteiger partial charge < -0.3 is 19.1 Å². The summed E-state index contributed by atoms with van der Waals surface area (Å²) in [5, 5.41) is 0.784. The lowest BCUT2D eigenvalue weighted by Crippen LogP contribution is -2.43. The summed E-state index contributed by atoms with van der Waals surface area (Å²) in [4.78, 5) is 43.3. The Hall–Kier alpha value is -3.18. The number of likely N-dealkylation sites (N-methyl/N-ethyl adjacent to an activating group) is 1. The number of fused-ring (bicyclic) bond motifs is 1. The zero-order valence-corrected chi connectivity index (χ0v) is 28.2. The number of carbonyl (C=O) groups is 2. The van der Waals surface area contributed by atoms with Crippen molar-refractivity contribution in [3.63, 3.8) is 0 Å². The molecule has 1 aromatic carbocycles. The second kappa shape index (κ2) is 12.4. The number of anilines is 2. The van der Waals surface area contributed by atoms with E-state index < -0.39 is 29.6 Å². The Kier molecular flexibility index (Phi) is 9.47. The van der Waals surface area contributed by atoms with E-state index in [0.29, 0.717) is 22.3 Å². The maximum absolute atomic E-state index is 13.0. The molecule has 0 radical (unpaired) electrons. The molecule has 234 valence electrons. The molecular weight excluding hydrogens is 590 g/mol. The van der Waals surface area contributed by atoms with Gasteiger partial charge in [-0.25, -0.2) is 19.5 Å². The molecule has 4 atom stereocenters. The van der Waals surface area contributed by atoms with E-state index in [1.165, 1.54) is 16.2 Å². The van der Waals surface area contributed by atoms with Crippen molar-refractivity contribution in [1.82, 2.24) is 15.0 Å². The largest absolute Gasteiger partial charge is 0.509 e. The summed E-state index contributed by atoms with van der Waals surface area (Å²) < 4.78 is 18.1. The second-order valence-electron chi connectivity index (χ2n) is 13.0. The number of aromatic nitrogens is 3. The predicted molar refractivity (Wildman–Crippen MR) is 171 cm³/mol. The average Bonchev–Trinajstić information content (AvgIpc) is 3.46. The van der Waals surface area contributed by atoms with Crippen LogP contribution in [0.15, 0.2) is 24.3 Å². The maximum Gasteiger partial charge on any atom is 0.509 e. The highest BCUT2D eigenvalue weighted by Gasteiger charge is 2.46. The summed E-state index contributed by atoms with van der Waals surface area (Å²) in [6, 6.07) is 7.56. The van der Waals surface area contributed by atoms with Gasteiger partial charge in [0.1, 0.15) is 33.3 Å². The summed E-state index contributed by atoms with van der Waals surface area (Å²) in [5.41, 5.74) is -0.0350. The normalized spacial score (nSPS) is 20.6. The van der Waals surface area contributed by atoms with Crippen LogP contribution in [0.3, 0.4) is 0 Å². The molecule has 10 nitrogen and oxygen atoms in total. The van der Waals surface area contributed by atoms with Crippen LogP contribution < -0.4 is 9.80 Å². The number of halogens is 1. The van der Waals surface area contributed by atoms with Crippen LogP contribution in [0.4, 0.5) is 21.4 Å². The molecule has 1 amide bonds. The topological polar surface area (TPSA) is 107 Å². The Labute approximate surface area is 262 Å². The minimum absolute atomic E-state index is 0.0667. The molecule has 4 rings (SSSR count). The number of amides is 1. The highest BCUT2D eigenvalue weighted by molar-refractivity contribution is 7.21. The highest BCUT2D eigenvalue weighted by Crippen LogP contribution is 2.44. The minimum atomic E-state index is -0.711. The molecule has 2 heterocycles. The highest BCUT2D eigenvalue weighted by atomic mass is 35.5. The van der Waals surface area contributed by atoms with E-state index in [2.05, 4.69) is 18.8 Å². The molecule has 1 fully saturated rings. The molecule has 0 spiro atoms. The van der Waals surface area contributed by atoms with Crippen LogP contribution in [0.25, 0.3) is 20.8 Å². The first-order valence-electron chi connectivity index (χ1n) is 14.5. The van der Waals surface area contributed by atoms with Gasteiger partial charge in [0.05, 0.1) is 21.8 Å². The molecule has 0 saturated heterocycles. The fraction of sp³-hybridized carbons (Fsp3) is 0.581. The van der Waals surface area contributed by atoms with Crippen LogP contribution in [0.1, 0.15) is 68.2 Å². The van der Waals surface area contributed by atoms with Crippen molar-refractivity contribution in [2.75, 3.05) is 23.9 Å². The molecule has 2 aromatic heterocycles. The molecular formula is C31H42ClN5O5S. The van der Waals surface area contributed by atoms with E-state index in [1.807, 2.05) is 36.2 Å². The molecule has 12 heteroatoms. The Morgan fingerprint density at radius 2 is 1.67 bits per heavy atom. The standard InChI is InChI=1S/C31H42ClN5O5S/c1-11-18-16-20(23(17(18)2)40-29(39)42-31(6,7)8)36(9)25-22(26-33-19-14-12-13-15-21(19)43-26)24(32)34-27(35-25)37(10)28(38)41-30(3,4)5/h12-15,17-18,20,23H,11,16H2,1-10H3/t17-,18+,20-,23-/m1/s1. The van der Waals surface area contributed by atoms with Gasteiger partial charge in [-0.05, 0) is 71.9 Å². The molecule has 0 unspecified atom stereocenters. The fourth-order valence-electron chi connectivity index (χ4n) is 5.31. The molecule has 3 aromatic rings. The second-order valence-corrected chi connectivity index (χ2v) is 14.4. The van der Waals surface area contributed by atoms with Gasteiger partial charge in [-0.2, -0.15) is 9.97 Å². The van der Waals surface area contributed by atoms with E-state index in [1.54, 1.807) is 48.6 Å². The van der Waals surface area contributed by atoms with Crippen molar-refractivity contribution in [1.29, 1.82) is 0 Å². The number of hydrogen-bond acceptors (Lipinski definition) is 10. The predicted octanol–water partition coefficient (Wildman–Crippen LogP) is 7.97. The van der Waals surface area contributed by atoms with Crippen LogP contribution in [0.2, 0.25) is 5.15 Å². The van der Waals surface area contributed by atoms with E-state index in [4.69, 9.17) is 35.8 Å². The van der Waals surface area contributed by atoms with Gasteiger partial charge in [0.15, 0.2) is 0 Å². The fourth-order valence-corrected chi connectivity index (χ4v) is 6.63. The summed E-state index contributed by atoms with van der Waals surface area (Å²) in [6.45, 7) is 15.0. The van der Waals surface area contributed by atoms with Crippen molar-refractivity contribution >= 4 is 57.2 Å². The lowest BCUT2D eigenvalue weighted by Gasteiger charge is -2.33. The van der Waals surface area contributed by atoms with E-state index in [-0.39, 0.29) is 23.1 Å². The van der Waals surface area contributed by atoms with Crippen molar-refractivity contribution < 1.29 is 23.8 Å². The number of nitrogens with zero attached hydrogens (tertiary/aromatic N) is 5. The van der Waals surface area contributed by atoms with Gasteiger partial charge in [0, 0.05) is 14.1 Å². The van der Waals surface area contributed by atoms with Crippen molar-refractivity contribution in [3.05, 3.63) is 29.4 Å². The number of benzene rings is 1. The van der Waals surface area contributed by atoms with Crippen LogP contribution in [-0.4, -0.2) is 64.6 Å². The molecule has 1 saturated carbocycles. The molecule has 0 N–H and O–H groups in total. The first-order valence-corrected chi connectivity index (χ1v) is 15.7. The van der Waals surface area contributed by atoms with Crippen LogP contribution >= 0.6 is 22.9 Å². The number of ether oxygens (including phenoxy) is 3. The smallest absolute Gasteiger partial charge is 0.443 e. The zero-order chi connectivity index (χ0) is 31.9. The summed E-state index contributed by atoms with van der Waals surface area (Å²) >= 11 is 8.39. The Morgan fingerprint density at radius 3 is 2.28 bits per heavy atom. The molecule has 1 aliphatic carbocycles. The van der Waals surface area contributed by atoms with Crippen molar-refractivity contribution in [2.45, 2.75) is 91.6 Å². The number of carbonyl (C=O) groups excluding carboxylic acids is 2. The maximum atomic E-state index is 13.0. The van der Waals surface area contributed by atoms with Gasteiger partial charge in [-0.3, -0.25) is 0 Å².